The quantitative estimate of drug-likeness (QED) is 0.0133. The molecule has 0 unspecified atom stereocenters. The third kappa shape index (κ3) is 17.3. The first-order valence-electron chi connectivity index (χ1n) is 23.8. The molecule has 0 amide bonds. The Bertz CT molecular complexity index is 3090. The van der Waals surface area contributed by atoms with Crippen LogP contribution in [0.1, 0.15) is 111 Å². The van der Waals surface area contributed by atoms with Gasteiger partial charge in [-0.25, -0.2) is 41.6 Å². The van der Waals surface area contributed by atoms with E-state index in [2.05, 4.69) is 79.4 Å². The molecule has 410 valence electrons. The zero-order valence-electron chi connectivity index (χ0n) is 42.6. The van der Waals surface area contributed by atoms with Crippen LogP contribution in [-0.4, -0.2) is 18.7 Å². The summed E-state index contributed by atoms with van der Waals surface area (Å²) < 4.78 is 40.6. The Balaban J connectivity index is 0.000000327. The van der Waals surface area contributed by atoms with Crippen molar-refractivity contribution in [1.29, 1.82) is 0 Å². The molecule has 0 heterocycles. The molecule has 4 aliphatic rings. The van der Waals surface area contributed by atoms with Crippen LogP contribution in [0.3, 0.4) is 0 Å². The molecule has 0 spiro atoms. The molecule has 0 atom stereocenters. The van der Waals surface area contributed by atoms with Crippen molar-refractivity contribution in [3.05, 3.63) is 244 Å². The Labute approximate surface area is 494 Å². The normalized spacial score (nSPS) is 15.3. The zero-order valence-corrected chi connectivity index (χ0v) is 48.5. The van der Waals surface area contributed by atoms with E-state index >= 15 is 0 Å². The zero-order chi connectivity index (χ0) is 55.9. The second-order valence-electron chi connectivity index (χ2n) is 18.1. The van der Waals surface area contributed by atoms with Crippen LogP contribution in [0.15, 0.2) is 108 Å². The number of nitrogen functional groups attached to an aromatic ring is 2. The summed E-state index contributed by atoms with van der Waals surface area (Å²) in [5.41, 5.74) is 22.2. The third-order valence-electron chi connectivity index (χ3n) is 13.6. The standard InChI is InChI=1S/C11H9FN2O2.C11H10FN.C11H9N5O2.C11H13N3.C8H6FN.C3H6I2.CH3.Pd/c1-13-11(5-2-6-11)8-3-4-9(12)10(7-8)14(15)16;1-13-11(7-2-8-11)9-3-5-10(12)6-4-9;1-13-11(5-2-6-11)8-3-4-9(14-15-12)10(7-8)16(17)18;1-14-11(5-2-6-11)8-3-4-9(12)10(13)7-8;1-10-6-7-2-4-8(9)5-3-7;4-2-1-3-5;;/h3-4,7H,2,5-6H2;3-6H,2,7-8H2;3-4,7H,2,5-6H2;3-4,7H,2,5-6,12-13H2;2-5H,6H2;1-3H2;1H3;/q;;;;;;-1;. The number of hydrogen-bond acceptors (Lipinski definition) is 7. The molecule has 0 aliphatic heterocycles. The Morgan fingerprint density at radius 2 is 0.936 bits per heavy atom. The number of halogens is 5. The van der Waals surface area contributed by atoms with Gasteiger partial charge in [0, 0.05) is 126 Å². The van der Waals surface area contributed by atoms with Crippen LogP contribution in [-0.2, 0) is 49.1 Å². The van der Waals surface area contributed by atoms with Gasteiger partial charge in [0.2, 0.25) is 12.4 Å². The third-order valence-corrected chi connectivity index (χ3v) is 15.1. The number of anilines is 2. The molecule has 4 aliphatic carbocycles. The number of benzene rings is 5. The van der Waals surface area contributed by atoms with Gasteiger partial charge in [-0.05, 0) is 123 Å². The van der Waals surface area contributed by atoms with E-state index in [9.17, 15) is 33.4 Å². The predicted octanol–water partition coefficient (Wildman–Crippen LogP) is 17.1. The maximum absolute atomic E-state index is 13.1. The van der Waals surface area contributed by atoms with Crippen LogP contribution in [0.25, 0.3) is 34.7 Å². The van der Waals surface area contributed by atoms with Gasteiger partial charge in [-0.1, -0.05) is 56.4 Å². The smallest absolute Gasteiger partial charge is 0.305 e. The Hall–Kier alpha value is -6.83. The molecule has 5 aromatic rings. The monoisotopic (exact) mass is 1380 g/mol. The molecular weight excluding hydrogens is 1320 g/mol. The number of nitro groups is 2. The van der Waals surface area contributed by atoms with Gasteiger partial charge in [0.15, 0.2) is 0 Å². The average molecular weight is 1380 g/mol. The first kappa shape index (κ1) is 67.3. The number of nitrogens with zero attached hydrogens (tertiary/aromatic N) is 10. The van der Waals surface area contributed by atoms with Crippen molar-refractivity contribution in [2.75, 3.05) is 20.3 Å². The number of rotatable bonds is 10. The molecule has 9 rings (SSSR count). The molecule has 0 aromatic heterocycles. The van der Waals surface area contributed by atoms with E-state index in [0.29, 0.717) is 54.7 Å². The summed E-state index contributed by atoms with van der Waals surface area (Å²) in [6, 6.07) is 25.9. The van der Waals surface area contributed by atoms with E-state index in [4.69, 9.17) is 49.9 Å². The van der Waals surface area contributed by atoms with E-state index < -0.39 is 32.4 Å². The van der Waals surface area contributed by atoms with E-state index in [1.165, 1.54) is 63.8 Å². The second kappa shape index (κ2) is 32.2. The topological polar surface area (TPSA) is 209 Å². The molecule has 22 heteroatoms. The molecule has 4 saturated carbocycles. The molecule has 0 radical (unpaired) electrons. The van der Waals surface area contributed by atoms with Crippen LogP contribution in [0.4, 0.5) is 41.6 Å². The summed E-state index contributed by atoms with van der Waals surface area (Å²) in [5.74, 6) is -1.34. The van der Waals surface area contributed by atoms with Crippen LogP contribution in [0.5, 0.6) is 0 Å². The minimum atomic E-state index is -0.854. The second-order valence-corrected chi connectivity index (χ2v) is 20.2. The van der Waals surface area contributed by atoms with Gasteiger partial charge >= 0.3 is 5.69 Å². The summed E-state index contributed by atoms with van der Waals surface area (Å²) in [5, 5.41) is 24.8. The van der Waals surface area contributed by atoms with Gasteiger partial charge < -0.3 is 43.1 Å². The molecular formula is C56H56F3I2N12O4Pd-. The molecule has 16 nitrogen and oxygen atoms in total. The van der Waals surface area contributed by atoms with Gasteiger partial charge in [-0.3, -0.25) is 20.2 Å². The van der Waals surface area contributed by atoms with Crippen LogP contribution < -0.4 is 11.5 Å². The molecule has 5 aromatic carbocycles. The molecule has 0 bridgehead atoms. The fraction of sp³-hybridized carbons (Fsp3) is 0.357. The van der Waals surface area contributed by atoms with Gasteiger partial charge in [-0.15, -0.1) is 0 Å². The minimum Gasteiger partial charge on any atom is -0.397 e. The number of alkyl halides is 2. The van der Waals surface area contributed by atoms with E-state index in [1.807, 2.05) is 12.1 Å². The van der Waals surface area contributed by atoms with Crippen molar-refractivity contribution < 1.29 is 43.4 Å². The van der Waals surface area contributed by atoms with Crippen molar-refractivity contribution in [1.82, 2.24) is 0 Å². The summed E-state index contributed by atoms with van der Waals surface area (Å²) >= 11 is 4.77. The largest absolute Gasteiger partial charge is 0.397 e. The predicted molar refractivity (Wildman–Crippen MR) is 311 cm³/mol. The van der Waals surface area contributed by atoms with Crippen molar-refractivity contribution >= 4 is 73.6 Å². The van der Waals surface area contributed by atoms with Gasteiger partial charge in [0.05, 0.1) is 21.2 Å². The Morgan fingerprint density at radius 3 is 1.28 bits per heavy atom. The maximum Gasteiger partial charge on any atom is 0.305 e. The minimum absolute atomic E-state index is 0. The van der Waals surface area contributed by atoms with E-state index in [1.54, 1.807) is 36.4 Å². The number of azide groups is 1. The fourth-order valence-corrected chi connectivity index (χ4v) is 10.5. The van der Waals surface area contributed by atoms with E-state index in [0.717, 1.165) is 74.1 Å². The van der Waals surface area contributed by atoms with Crippen molar-refractivity contribution in [3.63, 3.8) is 0 Å². The van der Waals surface area contributed by atoms with Gasteiger partial charge in [0.1, 0.15) is 17.3 Å². The molecule has 0 saturated heterocycles. The first-order valence-corrected chi connectivity index (χ1v) is 26.9. The SMILES string of the molecule is ICCCI.[C-]#[N+]C1(c2ccc(F)c([N+](=O)[O-])c2)CCC1.[C-]#[N+]C1(c2ccc(F)cc2)CCC1.[C-]#[N+]C1(c2ccc(N)c(N)c2)CCC1.[C-]#[N+]C1(c2ccc(N=[N+]=[N-])c([N+](=O)[O-])c2)CCC1.[C-]#[N+]Cc1ccc(F)cc1.[CH3-].[Pd]. The Morgan fingerprint density at radius 1 is 0.564 bits per heavy atom. The molecule has 4 fully saturated rings. The molecule has 4 N–H and O–H groups in total. The number of nitro benzene ring substituents is 2. The first-order chi connectivity index (χ1) is 36.4. The summed E-state index contributed by atoms with van der Waals surface area (Å²) in [6.07, 6.45) is 12.0. The fourth-order valence-electron chi connectivity index (χ4n) is 8.30. The summed E-state index contributed by atoms with van der Waals surface area (Å²) in [6.45, 7) is 35.6. The average Bonchev–Trinajstić information content (AvgIpc) is 3.35. The van der Waals surface area contributed by atoms with Gasteiger partial charge in [0.25, 0.3) is 27.8 Å². The maximum atomic E-state index is 13.1. The van der Waals surface area contributed by atoms with Crippen LogP contribution in [0, 0.1) is 78.0 Å². The van der Waals surface area contributed by atoms with Gasteiger partial charge in [-0.2, -0.15) is 4.39 Å². The summed E-state index contributed by atoms with van der Waals surface area (Å²) in [7, 11) is 0. The van der Waals surface area contributed by atoms with Crippen LogP contribution in [0.2, 0.25) is 0 Å². The van der Waals surface area contributed by atoms with Crippen molar-refractivity contribution in [2.24, 2.45) is 5.11 Å². The Kier molecular flexibility index (Phi) is 27.7. The van der Waals surface area contributed by atoms with Crippen molar-refractivity contribution in [2.45, 2.75) is 112 Å². The van der Waals surface area contributed by atoms with Crippen LogP contribution >= 0.6 is 45.2 Å². The van der Waals surface area contributed by atoms with Crippen molar-refractivity contribution in [3.8, 4) is 0 Å². The van der Waals surface area contributed by atoms with E-state index in [-0.39, 0.29) is 61.9 Å². The number of hydrogen-bond donors (Lipinski definition) is 2. The molecule has 78 heavy (non-hydrogen) atoms. The summed E-state index contributed by atoms with van der Waals surface area (Å²) in [4.78, 5) is 40.4. The number of nitrogens with two attached hydrogens (primary N) is 2.